The second-order valence-corrected chi connectivity index (χ2v) is 7.98. The first kappa shape index (κ1) is 16.8. The lowest BCUT2D eigenvalue weighted by Crippen LogP contribution is -2.48. The van der Waals surface area contributed by atoms with Crippen molar-refractivity contribution in [1.82, 2.24) is 19.4 Å². The van der Waals surface area contributed by atoms with Gasteiger partial charge >= 0.3 is 0 Å². The predicted molar refractivity (Wildman–Crippen MR) is 99.5 cm³/mol. The molecule has 8 heteroatoms. The fraction of sp³-hybridized carbons (Fsp3) is 0.474. The van der Waals surface area contributed by atoms with E-state index in [1.807, 2.05) is 36.1 Å². The van der Waals surface area contributed by atoms with Crippen molar-refractivity contribution >= 4 is 27.5 Å². The highest BCUT2D eigenvalue weighted by Gasteiger charge is 2.39. The van der Waals surface area contributed by atoms with Gasteiger partial charge in [-0.1, -0.05) is 23.4 Å². The van der Waals surface area contributed by atoms with Gasteiger partial charge in [-0.3, -0.25) is 4.79 Å². The first-order valence-corrected chi connectivity index (χ1v) is 10.1. The molecule has 1 aliphatic heterocycles. The summed E-state index contributed by atoms with van der Waals surface area (Å²) in [4.78, 5) is 19.5. The van der Waals surface area contributed by atoms with Crippen LogP contribution in [0.5, 0.6) is 0 Å². The summed E-state index contributed by atoms with van der Waals surface area (Å²) in [6, 6.07) is 7.65. The Morgan fingerprint density at radius 1 is 1.33 bits per heavy atom. The highest BCUT2D eigenvalue weighted by atomic mass is 32.1. The molecule has 5 rings (SSSR count). The number of ether oxygens (including phenoxy) is 1. The Morgan fingerprint density at radius 2 is 2.19 bits per heavy atom. The summed E-state index contributed by atoms with van der Waals surface area (Å²) in [7, 11) is 0. The van der Waals surface area contributed by atoms with E-state index in [9.17, 15) is 4.79 Å². The van der Waals surface area contributed by atoms with Gasteiger partial charge in [0, 0.05) is 17.8 Å². The molecule has 2 atom stereocenters. The minimum atomic E-state index is -0.351. The highest BCUT2D eigenvalue weighted by Crippen LogP contribution is 2.39. The molecule has 1 saturated carbocycles. The molecule has 3 heterocycles. The molecule has 0 bridgehead atoms. The molecular weight excluding hydrogens is 364 g/mol. The Bertz CT molecular complexity index is 980. The number of hydrogen-bond donors (Lipinski definition) is 0. The van der Waals surface area contributed by atoms with Gasteiger partial charge in [0.1, 0.15) is 6.04 Å². The van der Waals surface area contributed by atoms with E-state index < -0.39 is 0 Å². The number of carbonyl (C=O) groups excluding carboxylic acids is 1. The molecule has 3 aromatic rings. The van der Waals surface area contributed by atoms with Gasteiger partial charge in [0.2, 0.25) is 5.91 Å². The topological polar surface area (TPSA) is 81.4 Å². The molecular formula is C19H20N4O3S. The molecule has 0 N–H and O–H groups in total. The lowest BCUT2D eigenvalue weighted by Gasteiger charge is -2.37. The van der Waals surface area contributed by atoms with Gasteiger partial charge in [0.15, 0.2) is 5.82 Å². The van der Waals surface area contributed by atoms with E-state index in [0.717, 1.165) is 34.4 Å². The molecule has 2 aliphatic rings. The fourth-order valence-corrected chi connectivity index (χ4v) is 4.41. The van der Waals surface area contributed by atoms with Crippen molar-refractivity contribution in [3.63, 3.8) is 0 Å². The van der Waals surface area contributed by atoms with Gasteiger partial charge in [-0.2, -0.15) is 9.36 Å². The standard InChI is InChI=1S/C19H20N4O3S/c1-11-17(19-20-18(21-26-19)12-6-7-12)23(8-9-25-11)16(24)10-14-13-4-2-3-5-15(13)27-22-14/h2-5,11-12,17H,6-10H2,1H3/t11-,17+/m1/s1. The van der Waals surface area contributed by atoms with Crippen molar-refractivity contribution in [3.05, 3.63) is 41.7 Å². The van der Waals surface area contributed by atoms with Crippen molar-refractivity contribution in [2.75, 3.05) is 13.2 Å². The monoisotopic (exact) mass is 384 g/mol. The lowest BCUT2D eigenvalue weighted by molar-refractivity contribution is -0.146. The third-order valence-corrected chi connectivity index (χ3v) is 6.10. The number of morpholine rings is 1. The second kappa shape index (κ2) is 6.69. The van der Waals surface area contributed by atoms with Crippen LogP contribution in [0.2, 0.25) is 0 Å². The van der Waals surface area contributed by atoms with E-state index in [1.54, 1.807) is 0 Å². The van der Waals surface area contributed by atoms with E-state index in [4.69, 9.17) is 9.26 Å². The first-order valence-electron chi connectivity index (χ1n) is 9.28. The van der Waals surface area contributed by atoms with E-state index in [1.165, 1.54) is 11.5 Å². The van der Waals surface area contributed by atoms with Crippen LogP contribution in [0.15, 0.2) is 28.8 Å². The van der Waals surface area contributed by atoms with E-state index >= 15 is 0 Å². The molecule has 1 aliphatic carbocycles. The molecule has 7 nitrogen and oxygen atoms in total. The number of aromatic nitrogens is 3. The van der Waals surface area contributed by atoms with Gasteiger partial charge in [0.25, 0.3) is 5.89 Å². The predicted octanol–water partition coefficient (Wildman–Crippen LogP) is 3.09. The van der Waals surface area contributed by atoms with Crippen molar-refractivity contribution in [3.8, 4) is 0 Å². The summed E-state index contributed by atoms with van der Waals surface area (Å²) < 4.78 is 16.9. The van der Waals surface area contributed by atoms with Crippen LogP contribution in [0.1, 0.15) is 49.1 Å². The zero-order valence-corrected chi connectivity index (χ0v) is 15.8. The molecule has 1 amide bonds. The maximum absolute atomic E-state index is 13.1. The third-order valence-electron chi connectivity index (χ3n) is 5.24. The van der Waals surface area contributed by atoms with Gasteiger partial charge in [-0.05, 0) is 37.4 Å². The minimum absolute atomic E-state index is 0.0115. The number of amides is 1. The average Bonchev–Trinajstić information content (AvgIpc) is 3.28. The normalized spacial score (nSPS) is 23.1. The third kappa shape index (κ3) is 3.12. The largest absolute Gasteiger partial charge is 0.374 e. The van der Waals surface area contributed by atoms with Gasteiger partial charge in [-0.15, -0.1) is 0 Å². The summed E-state index contributed by atoms with van der Waals surface area (Å²) in [5.74, 6) is 1.64. The lowest BCUT2D eigenvalue weighted by atomic mass is 10.1. The number of benzene rings is 1. The molecule has 0 unspecified atom stereocenters. The number of nitrogens with zero attached hydrogens (tertiary/aromatic N) is 4. The molecule has 140 valence electrons. The van der Waals surface area contributed by atoms with E-state index in [0.29, 0.717) is 25.0 Å². The zero-order chi connectivity index (χ0) is 18.4. The van der Waals surface area contributed by atoms with Crippen LogP contribution in [-0.4, -0.2) is 44.6 Å². The summed E-state index contributed by atoms with van der Waals surface area (Å²) in [5.41, 5.74) is 0.822. The minimum Gasteiger partial charge on any atom is -0.374 e. The fourth-order valence-electron chi connectivity index (χ4n) is 3.62. The molecule has 27 heavy (non-hydrogen) atoms. The number of rotatable bonds is 4. The Kier molecular flexibility index (Phi) is 4.17. The van der Waals surface area contributed by atoms with Crippen LogP contribution in [0.4, 0.5) is 0 Å². The Morgan fingerprint density at radius 3 is 3.04 bits per heavy atom. The van der Waals surface area contributed by atoms with Crippen LogP contribution in [0, 0.1) is 0 Å². The Balaban J connectivity index is 1.41. The van der Waals surface area contributed by atoms with Crippen molar-refractivity contribution in [2.45, 2.75) is 44.2 Å². The summed E-state index contributed by atoms with van der Waals surface area (Å²) in [6.45, 7) is 2.96. The number of carbonyl (C=O) groups is 1. The quantitative estimate of drug-likeness (QED) is 0.688. The molecule has 0 spiro atoms. The maximum atomic E-state index is 13.1. The van der Waals surface area contributed by atoms with Crippen molar-refractivity contribution < 1.29 is 14.1 Å². The van der Waals surface area contributed by atoms with Crippen LogP contribution >= 0.6 is 11.5 Å². The van der Waals surface area contributed by atoms with Gasteiger partial charge < -0.3 is 14.2 Å². The Hall–Kier alpha value is -2.32. The van der Waals surface area contributed by atoms with Crippen LogP contribution in [0.25, 0.3) is 10.1 Å². The molecule has 2 fully saturated rings. The van der Waals surface area contributed by atoms with Gasteiger partial charge in [0.05, 0.1) is 29.5 Å². The van der Waals surface area contributed by atoms with Crippen molar-refractivity contribution in [2.24, 2.45) is 0 Å². The van der Waals surface area contributed by atoms with Crippen molar-refractivity contribution in [1.29, 1.82) is 0 Å². The van der Waals surface area contributed by atoms with Crippen LogP contribution in [-0.2, 0) is 16.0 Å². The SMILES string of the molecule is C[C@H]1OCCN(C(=O)Cc2nsc3ccccc23)[C@@H]1c1nc(C2CC2)no1. The summed E-state index contributed by atoms with van der Waals surface area (Å²) in [5, 5.41) is 5.15. The molecule has 2 aromatic heterocycles. The number of fused-ring (bicyclic) bond motifs is 1. The van der Waals surface area contributed by atoms with Crippen LogP contribution < -0.4 is 0 Å². The summed E-state index contributed by atoms with van der Waals surface area (Å²) >= 11 is 1.43. The Labute approximate surface area is 160 Å². The molecule has 0 radical (unpaired) electrons. The second-order valence-electron chi connectivity index (χ2n) is 7.18. The maximum Gasteiger partial charge on any atom is 0.252 e. The van der Waals surface area contributed by atoms with E-state index in [2.05, 4.69) is 14.5 Å². The van der Waals surface area contributed by atoms with Crippen LogP contribution in [0.3, 0.4) is 0 Å². The number of hydrogen-bond acceptors (Lipinski definition) is 7. The molecule has 1 saturated heterocycles. The average molecular weight is 384 g/mol. The van der Waals surface area contributed by atoms with E-state index in [-0.39, 0.29) is 24.5 Å². The smallest absolute Gasteiger partial charge is 0.252 e. The molecule has 1 aromatic carbocycles. The zero-order valence-electron chi connectivity index (χ0n) is 15.0. The summed E-state index contributed by atoms with van der Waals surface area (Å²) in [6.07, 6.45) is 2.28. The van der Waals surface area contributed by atoms with Gasteiger partial charge in [-0.25, -0.2) is 0 Å². The highest BCUT2D eigenvalue weighted by molar-refractivity contribution is 7.13. The first-order chi connectivity index (χ1) is 13.2.